The van der Waals surface area contributed by atoms with Crippen LogP contribution in [0.25, 0.3) is 5.57 Å². The van der Waals surface area contributed by atoms with Crippen molar-refractivity contribution < 1.29 is 0 Å². The smallest absolute Gasteiger partial charge is 0.0915 e. The van der Waals surface area contributed by atoms with Crippen LogP contribution in [0.1, 0.15) is 48.9 Å². The third kappa shape index (κ3) is 2.52. The first-order valence-electron chi connectivity index (χ1n) is 5.65. The number of hydrogen-bond acceptors (Lipinski definition) is 1. The van der Waals surface area contributed by atoms with E-state index in [1.54, 1.807) is 6.08 Å². The molecule has 0 aliphatic carbocycles. The molecule has 1 aromatic carbocycles. The van der Waals surface area contributed by atoms with Crippen LogP contribution in [0, 0.1) is 25.2 Å². The van der Waals surface area contributed by atoms with Gasteiger partial charge in [0.05, 0.1) is 6.07 Å². The Kier molecular flexibility index (Phi) is 3.90. The molecule has 0 aromatic heterocycles. The van der Waals surface area contributed by atoms with E-state index in [0.29, 0.717) is 5.92 Å². The van der Waals surface area contributed by atoms with E-state index < -0.39 is 0 Å². The highest BCUT2D eigenvalue weighted by Crippen LogP contribution is 2.27. The molecule has 84 valence electrons. The number of nitriles is 1. The average molecular weight is 213 g/mol. The first-order chi connectivity index (χ1) is 7.47. The number of nitrogens with zero attached hydrogens (tertiary/aromatic N) is 1. The minimum Gasteiger partial charge on any atom is -0.193 e. The highest BCUT2D eigenvalue weighted by molar-refractivity contribution is 5.67. The van der Waals surface area contributed by atoms with E-state index in [0.717, 1.165) is 11.1 Å². The van der Waals surface area contributed by atoms with Crippen molar-refractivity contribution in [1.82, 2.24) is 0 Å². The first-order valence-corrected chi connectivity index (χ1v) is 5.65. The Labute approximate surface area is 98.4 Å². The van der Waals surface area contributed by atoms with Gasteiger partial charge < -0.3 is 0 Å². The van der Waals surface area contributed by atoms with Crippen LogP contribution in [0.3, 0.4) is 0 Å². The molecule has 0 spiro atoms. The van der Waals surface area contributed by atoms with Crippen LogP contribution in [0.15, 0.2) is 18.2 Å². The SMILES string of the molecule is C/C(=C\C#N)c1cc(C)c(C(C)C)c(C)c1. The predicted octanol–water partition coefficient (Wildman–Crippen LogP) is 4.35. The molecule has 0 atom stereocenters. The highest BCUT2D eigenvalue weighted by atomic mass is 14.2. The van der Waals surface area contributed by atoms with E-state index in [4.69, 9.17) is 5.26 Å². The summed E-state index contributed by atoms with van der Waals surface area (Å²) in [4.78, 5) is 0. The monoisotopic (exact) mass is 213 g/mol. The van der Waals surface area contributed by atoms with E-state index in [1.165, 1.54) is 16.7 Å². The molecule has 0 amide bonds. The van der Waals surface area contributed by atoms with Gasteiger partial charge in [-0.25, -0.2) is 0 Å². The maximum absolute atomic E-state index is 8.65. The van der Waals surface area contributed by atoms with Gasteiger partial charge >= 0.3 is 0 Å². The van der Waals surface area contributed by atoms with Crippen LogP contribution < -0.4 is 0 Å². The number of rotatable bonds is 2. The number of hydrogen-bond donors (Lipinski definition) is 0. The van der Waals surface area contributed by atoms with Gasteiger partial charge in [-0.2, -0.15) is 5.26 Å². The van der Waals surface area contributed by atoms with E-state index in [9.17, 15) is 0 Å². The zero-order valence-electron chi connectivity index (χ0n) is 10.8. The van der Waals surface area contributed by atoms with Crippen molar-refractivity contribution in [3.05, 3.63) is 40.5 Å². The lowest BCUT2D eigenvalue weighted by atomic mass is 9.90. The van der Waals surface area contributed by atoms with E-state index in [2.05, 4.69) is 45.9 Å². The zero-order chi connectivity index (χ0) is 12.3. The quantitative estimate of drug-likeness (QED) is 0.670. The fraction of sp³-hybridized carbons (Fsp3) is 0.400. The van der Waals surface area contributed by atoms with Crippen molar-refractivity contribution in [2.75, 3.05) is 0 Å². The van der Waals surface area contributed by atoms with Gasteiger partial charge in [-0.3, -0.25) is 0 Å². The lowest BCUT2D eigenvalue weighted by molar-refractivity contribution is 0.846. The summed E-state index contributed by atoms with van der Waals surface area (Å²) in [6.45, 7) is 10.7. The molecule has 0 radical (unpaired) electrons. The van der Waals surface area contributed by atoms with Crippen molar-refractivity contribution in [2.24, 2.45) is 0 Å². The number of aryl methyl sites for hydroxylation is 2. The second-order valence-electron chi connectivity index (χ2n) is 4.63. The summed E-state index contributed by atoms with van der Waals surface area (Å²) < 4.78 is 0. The standard InChI is InChI=1S/C15H19N/c1-10(2)15-12(4)8-14(9-13(15)5)11(3)6-7-16/h6,8-10H,1-5H3/b11-6+. The largest absolute Gasteiger partial charge is 0.193 e. The van der Waals surface area contributed by atoms with Gasteiger partial charge in [0.25, 0.3) is 0 Å². The number of allylic oxidation sites excluding steroid dienone is 2. The van der Waals surface area contributed by atoms with Crippen molar-refractivity contribution in [1.29, 1.82) is 5.26 Å². The molecule has 1 aromatic rings. The van der Waals surface area contributed by atoms with E-state index >= 15 is 0 Å². The average Bonchev–Trinajstić information content (AvgIpc) is 2.16. The summed E-state index contributed by atoms with van der Waals surface area (Å²) in [5.41, 5.74) is 6.24. The van der Waals surface area contributed by atoms with Crippen LogP contribution in [-0.4, -0.2) is 0 Å². The van der Waals surface area contributed by atoms with Gasteiger partial charge in [-0.1, -0.05) is 26.0 Å². The Hall–Kier alpha value is -1.55. The van der Waals surface area contributed by atoms with Gasteiger partial charge in [0.15, 0.2) is 0 Å². The lowest BCUT2D eigenvalue weighted by Crippen LogP contribution is -1.98. The molecule has 0 saturated heterocycles. The van der Waals surface area contributed by atoms with Crippen LogP contribution in [0.5, 0.6) is 0 Å². The maximum Gasteiger partial charge on any atom is 0.0915 e. The summed E-state index contributed by atoms with van der Waals surface area (Å²) >= 11 is 0. The Balaban J connectivity index is 3.31. The minimum atomic E-state index is 0.550. The van der Waals surface area contributed by atoms with Crippen molar-refractivity contribution >= 4 is 5.57 Å². The molecule has 0 N–H and O–H groups in total. The Bertz CT molecular complexity index is 436. The van der Waals surface area contributed by atoms with Gasteiger partial charge in [-0.05, 0) is 54.5 Å². The normalized spacial score (nSPS) is 11.7. The molecule has 0 saturated carbocycles. The fourth-order valence-electron chi connectivity index (χ4n) is 2.29. The Morgan fingerprint density at radius 2 is 1.75 bits per heavy atom. The third-order valence-corrected chi connectivity index (χ3v) is 2.91. The summed E-state index contributed by atoms with van der Waals surface area (Å²) in [5, 5.41) is 8.65. The molecular formula is C15H19N. The van der Waals surface area contributed by atoms with Crippen LogP contribution >= 0.6 is 0 Å². The summed E-state index contributed by atoms with van der Waals surface area (Å²) in [5.74, 6) is 0.550. The third-order valence-electron chi connectivity index (χ3n) is 2.91. The molecular weight excluding hydrogens is 194 g/mol. The molecule has 0 fully saturated rings. The van der Waals surface area contributed by atoms with Gasteiger partial charge in [0, 0.05) is 6.08 Å². The van der Waals surface area contributed by atoms with Gasteiger partial charge in [0.2, 0.25) is 0 Å². The summed E-state index contributed by atoms with van der Waals surface area (Å²) in [6.07, 6.45) is 1.60. The molecule has 16 heavy (non-hydrogen) atoms. The topological polar surface area (TPSA) is 23.8 Å². The molecule has 0 heterocycles. The van der Waals surface area contributed by atoms with Gasteiger partial charge in [-0.15, -0.1) is 0 Å². The minimum absolute atomic E-state index is 0.550. The fourth-order valence-corrected chi connectivity index (χ4v) is 2.29. The van der Waals surface area contributed by atoms with Gasteiger partial charge in [0.1, 0.15) is 0 Å². The Morgan fingerprint density at radius 3 is 2.12 bits per heavy atom. The van der Waals surface area contributed by atoms with Crippen molar-refractivity contribution in [3.8, 4) is 6.07 Å². The lowest BCUT2D eigenvalue weighted by Gasteiger charge is -2.15. The second kappa shape index (κ2) is 4.99. The van der Waals surface area contributed by atoms with E-state index in [-0.39, 0.29) is 0 Å². The van der Waals surface area contributed by atoms with Crippen LogP contribution in [-0.2, 0) is 0 Å². The molecule has 0 aliphatic rings. The molecule has 1 nitrogen and oxygen atoms in total. The van der Waals surface area contributed by atoms with Crippen molar-refractivity contribution in [3.63, 3.8) is 0 Å². The molecule has 0 bridgehead atoms. The van der Waals surface area contributed by atoms with E-state index in [1.807, 2.05) is 6.92 Å². The zero-order valence-corrected chi connectivity index (χ0v) is 10.8. The van der Waals surface area contributed by atoms with Crippen LogP contribution in [0.4, 0.5) is 0 Å². The predicted molar refractivity (Wildman–Crippen MR) is 69.3 cm³/mol. The summed E-state index contributed by atoms with van der Waals surface area (Å²) in [6, 6.07) is 6.42. The Morgan fingerprint density at radius 1 is 1.25 bits per heavy atom. The number of benzene rings is 1. The highest BCUT2D eigenvalue weighted by Gasteiger charge is 2.09. The second-order valence-corrected chi connectivity index (χ2v) is 4.63. The molecule has 0 unspecified atom stereocenters. The maximum atomic E-state index is 8.65. The first kappa shape index (κ1) is 12.5. The van der Waals surface area contributed by atoms with Crippen molar-refractivity contribution in [2.45, 2.75) is 40.5 Å². The van der Waals surface area contributed by atoms with Crippen LogP contribution in [0.2, 0.25) is 0 Å². The summed E-state index contributed by atoms with van der Waals surface area (Å²) in [7, 11) is 0. The molecule has 0 aliphatic heterocycles. The molecule has 1 rings (SSSR count). The molecule has 1 heteroatoms.